The molecule has 5 nitrogen and oxygen atoms in total. The lowest BCUT2D eigenvalue weighted by molar-refractivity contribution is 0.0950. The van der Waals surface area contributed by atoms with Crippen LogP contribution in [0.1, 0.15) is 16.8 Å². The first kappa shape index (κ1) is 16.2. The molecule has 0 aliphatic heterocycles. The summed E-state index contributed by atoms with van der Waals surface area (Å²) >= 11 is 0. The number of para-hydroxylation sites is 1. The van der Waals surface area contributed by atoms with E-state index in [1.807, 2.05) is 6.07 Å². The highest BCUT2D eigenvalue weighted by atomic mass is 35.5. The predicted molar refractivity (Wildman–Crippen MR) is 70.8 cm³/mol. The molecule has 1 amide bonds. The van der Waals surface area contributed by atoms with Gasteiger partial charge in [0.2, 0.25) is 0 Å². The number of carbonyl (C=O) groups excluding carboxylic acids is 1. The largest absolute Gasteiger partial charge is 0.491 e. The molecule has 0 fully saturated rings. The molecule has 0 spiro atoms. The summed E-state index contributed by atoms with van der Waals surface area (Å²) in [5.41, 5.74) is 5.80. The van der Waals surface area contributed by atoms with Gasteiger partial charge in [-0.05, 0) is 12.1 Å². The maximum Gasteiger partial charge on any atom is 0.255 e. The van der Waals surface area contributed by atoms with Crippen LogP contribution in [0, 0.1) is 11.3 Å². The van der Waals surface area contributed by atoms with Gasteiger partial charge in [0.05, 0.1) is 18.1 Å². The Morgan fingerprint density at radius 1 is 1.44 bits per heavy atom. The minimum absolute atomic E-state index is 0. The van der Waals surface area contributed by atoms with Crippen LogP contribution in [0.3, 0.4) is 0 Å². The van der Waals surface area contributed by atoms with Crippen molar-refractivity contribution in [2.45, 2.75) is 6.42 Å². The maximum absolute atomic E-state index is 11.8. The van der Waals surface area contributed by atoms with Crippen molar-refractivity contribution >= 4 is 18.3 Å². The highest BCUT2D eigenvalue weighted by molar-refractivity contribution is 5.96. The van der Waals surface area contributed by atoms with Crippen molar-refractivity contribution in [3.8, 4) is 11.8 Å². The van der Waals surface area contributed by atoms with Gasteiger partial charge in [-0.2, -0.15) is 5.26 Å². The Morgan fingerprint density at radius 2 is 2.17 bits per heavy atom. The average molecular weight is 270 g/mol. The van der Waals surface area contributed by atoms with Crippen LogP contribution in [-0.4, -0.2) is 25.6 Å². The van der Waals surface area contributed by atoms with Gasteiger partial charge in [-0.1, -0.05) is 12.1 Å². The van der Waals surface area contributed by atoms with Gasteiger partial charge in [0.1, 0.15) is 12.4 Å². The van der Waals surface area contributed by atoms with Crippen molar-refractivity contribution in [2.75, 3.05) is 19.7 Å². The van der Waals surface area contributed by atoms with E-state index in [0.29, 0.717) is 31.0 Å². The van der Waals surface area contributed by atoms with Crippen molar-refractivity contribution < 1.29 is 9.53 Å². The number of hydrogen-bond acceptors (Lipinski definition) is 4. The van der Waals surface area contributed by atoms with Crippen molar-refractivity contribution in [3.63, 3.8) is 0 Å². The van der Waals surface area contributed by atoms with Crippen molar-refractivity contribution in [2.24, 2.45) is 5.73 Å². The number of nitrogens with zero attached hydrogens (tertiary/aromatic N) is 1. The maximum atomic E-state index is 11.8. The molecular weight excluding hydrogens is 254 g/mol. The molecule has 0 aromatic heterocycles. The molecule has 1 aromatic carbocycles. The lowest BCUT2D eigenvalue weighted by atomic mass is 10.2. The first-order valence-corrected chi connectivity index (χ1v) is 5.36. The van der Waals surface area contributed by atoms with E-state index < -0.39 is 0 Å². The molecule has 3 N–H and O–H groups in total. The molecule has 1 aromatic rings. The Morgan fingerprint density at radius 3 is 2.83 bits per heavy atom. The summed E-state index contributed by atoms with van der Waals surface area (Å²) in [7, 11) is 0. The van der Waals surface area contributed by atoms with Crippen LogP contribution in [0.4, 0.5) is 0 Å². The molecule has 0 aliphatic carbocycles. The fourth-order valence-electron chi connectivity index (χ4n) is 1.28. The zero-order chi connectivity index (χ0) is 12.5. The summed E-state index contributed by atoms with van der Waals surface area (Å²) in [4.78, 5) is 11.8. The fourth-order valence-corrected chi connectivity index (χ4v) is 1.28. The molecule has 0 aliphatic rings. The Labute approximate surface area is 112 Å². The lowest BCUT2D eigenvalue weighted by Gasteiger charge is -2.10. The van der Waals surface area contributed by atoms with Crippen LogP contribution in [0.25, 0.3) is 0 Å². The van der Waals surface area contributed by atoms with Crippen LogP contribution < -0.4 is 15.8 Å². The summed E-state index contributed by atoms with van der Waals surface area (Å²) in [6.07, 6.45) is 0.289. The number of hydrogen-bond donors (Lipinski definition) is 2. The van der Waals surface area contributed by atoms with Crippen LogP contribution >= 0.6 is 12.4 Å². The summed E-state index contributed by atoms with van der Waals surface area (Å²) in [5, 5.41) is 11.0. The standard InChI is InChI=1S/C12H15N3O2.ClH/c13-6-3-8-15-12(16)10-4-1-2-5-11(10)17-9-7-14;/h1-2,4-5H,3,7-9,14H2,(H,15,16);1H. The molecule has 0 radical (unpaired) electrons. The number of carbonyl (C=O) groups is 1. The minimum Gasteiger partial charge on any atom is -0.491 e. The first-order valence-electron chi connectivity index (χ1n) is 5.36. The Bertz CT molecular complexity index is 418. The van der Waals surface area contributed by atoms with Gasteiger partial charge >= 0.3 is 0 Å². The van der Waals surface area contributed by atoms with Crippen LogP contribution in [0.5, 0.6) is 5.75 Å². The predicted octanol–water partition coefficient (Wildman–Crippen LogP) is 1.09. The Hall–Kier alpha value is -1.77. The first-order chi connectivity index (χ1) is 8.29. The number of ether oxygens (including phenoxy) is 1. The molecule has 1 rings (SSSR count). The highest BCUT2D eigenvalue weighted by Gasteiger charge is 2.10. The quantitative estimate of drug-likeness (QED) is 0.757. The van der Waals surface area contributed by atoms with Gasteiger partial charge in [-0.3, -0.25) is 4.79 Å². The topological polar surface area (TPSA) is 88.1 Å². The van der Waals surface area contributed by atoms with Gasteiger partial charge in [0.25, 0.3) is 5.91 Å². The molecular formula is C12H16ClN3O2. The average Bonchev–Trinajstić information content (AvgIpc) is 2.37. The van der Waals surface area contributed by atoms with E-state index in [1.54, 1.807) is 24.3 Å². The zero-order valence-electron chi connectivity index (χ0n) is 9.89. The summed E-state index contributed by atoms with van der Waals surface area (Å²) in [6, 6.07) is 8.90. The highest BCUT2D eigenvalue weighted by Crippen LogP contribution is 2.17. The molecule has 0 bridgehead atoms. The number of nitriles is 1. The summed E-state index contributed by atoms with van der Waals surface area (Å²) in [5.74, 6) is 0.264. The third-order valence-electron chi connectivity index (χ3n) is 2.03. The summed E-state index contributed by atoms with van der Waals surface area (Å²) in [6.45, 7) is 1.09. The molecule has 6 heteroatoms. The molecule has 18 heavy (non-hydrogen) atoms. The van der Waals surface area contributed by atoms with E-state index in [4.69, 9.17) is 15.7 Å². The minimum atomic E-state index is -0.243. The Kier molecular flexibility index (Phi) is 8.37. The van der Waals surface area contributed by atoms with E-state index in [-0.39, 0.29) is 24.7 Å². The molecule has 0 atom stereocenters. The smallest absolute Gasteiger partial charge is 0.255 e. The van der Waals surface area contributed by atoms with Gasteiger partial charge in [0.15, 0.2) is 0 Å². The number of amides is 1. The molecule has 98 valence electrons. The monoisotopic (exact) mass is 269 g/mol. The van der Waals surface area contributed by atoms with Crippen molar-refractivity contribution in [3.05, 3.63) is 29.8 Å². The lowest BCUT2D eigenvalue weighted by Crippen LogP contribution is -2.25. The second-order valence-electron chi connectivity index (χ2n) is 3.30. The number of nitrogens with two attached hydrogens (primary N) is 1. The van der Waals surface area contributed by atoms with E-state index in [9.17, 15) is 4.79 Å². The zero-order valence-corrected chi connectivity index (χ0v) is 10.7. The van der Waals surface area contributed by atoms with E-state index >= 15 is 0 Å². The van der Waals surface area contributed by atoms with E-state index in [1.165, 1.54) is 0 Å². The molecule has 0 unspecified atom stereocenters. The van der Waals surface area contributed by atoms with Gasteiger partial charge in [-0.25, -0.2) is 0 Å². The second kappa shape index (κ2) is 9.28. The second-order valence-corrected chi connectivity index (χ2v) is 3.30. The normalized spacial score (nSPS) is 8.89. The number of benzene rings is 1. The molecule has 0 saturated carbocycles. The van der Waals surface area contributed by atoms with Gasteiger partial charge in [-0.15, -0.1) is 12.4 Å². The van der Waals surface area contributed by atoms with Crippen LogP contribution in [-0.2, 0) is 0 Å². The van der Waals surface area contributed by atoms with Gasteiger partial charge in [0, 0.05) is 13.1 Å². The third kappa shape index (κ3) is 5.04. The molecule has 0 saturated heterocycles. The number of rotatable bonds is 6. The van der Waals surface area contributed by atoms with Crippen LogP contribution in [0.15, 0.2) is 24.3 Å². The van der Waals surface area contributed by atoms with Crippen molar-refractivity contribution in [1.82, 2.24) is 5.32 Å². The fraction of sp³-hybridized carbons (Fsp3) is 0.333. The summed E-state index contributed by atoms with van der Waals surface area (Å²) < 4.78 is 5.36. The number of nitrogens with one attached hydrogen (secondary N) is 1. The molecule has 0 heterocycles. The van der Waals surface area contributed by atoms with Crippen LogP contribution in [0.2, 0.25) is 0 Å². The van der Waals surface area contributed by atoms with E-state index in [0.717, 1.165) is 0 Å². The Balaban J connectivity index is 0.00000289. The van der Waals surface area contributed by atoms with Gasteiger partial charge < -0.3 is 15.8 Å². The van der Waals surface area contributed by atoms with Crippen molar-refractivity contribution in [1.29, 1.82) is 5.26 Å². The van der Waals surface area contributed by atoms with E-state index in [2.05, 4.69) is 5.32 Å². The SMILES string of the molecule is Cl.N#CCCNC(=O)c1ccccc1OCCN. The number of halogens is 1. The third-order valence-corrected chi connectivity index (χ3v) is 2.03.